The highest BCUT2D eigenvalue weighted by molar-refractivity contribution is 6.02. The highest BCUT2D eigenvalue weighted by atomic mass is 16.5. The lowest BCUT2D eigenvalue weighted by molar-refractivity contribution is -0.115. The zero-order chi connectivity index (χ0) is 18.6. The minimum Gasteiger partial charge on any atom is -0.493 e. The molecule has 1 aliphatic rings. The Morgan fingerprint density at radius 1 is 0.963 bits per heavy atom. The molecular formula is C21H18N2O4. The lowest BCUT2D eigenvalue weighted by Crippen LogP contribution is -2.15. The van der Waals surface area contributed by atoms with Gasteiger partial charge in [-0.1, -0.05) is 12.1 Å². The van der Waals surface area contributed by atoms with Gasteiger partial charge in [-0.15, -0.1) is 0 Å². The Kier molecular flexibility index (Phi) is 4.61. The summed E-state index contributed by atoms with van der Waals surface area (Å²) < 4.78 is 10.5. The fourth-order valence-corrected chi connectivity index (χ4v) is 2.98. The van der Waals surface area contributed by atoms with E-state index in [9.17, 15) is 9.59 Å². The van der Waals surface area contributed by atoms with Gasteiger partial charge in [-0.05, 0) is 53.6 Å². The molecule has 2 amide bonds. The Bertz CT molecular complexity index is 962. The van der Waals surface area contributed by atoms with E-state index in [1.54, 1.807) is 36.4 Å². The van der Waals surface area contributed by atoms with Crippen LogP contribution in [0.3, 0.4) is 0 Å². The average molecular weight is 362 g/mol. The fourth-order valence-electron chi connectivity index (χ4n) is 2.98. The van der Waals surface area contributed by atoms with Gasteiger partial charge in [0.05, 0.1) is 19.3 Å². The van der Waals surface area contributed by atoms with Crippen LogP contribution in [0.2, 0.25) is 0 Å². The smallest absolute Gasteiger partial charge is 0.291 e. The highest BCUT2D eigenvalue weighted by Crippen LogP contribution is 2.26. The molecule has 2 aromatic carbocycles. The van der Waals surface area contributed by atoms with Crippen molar-refractivity contribution in [3.63, 3.8) is 0 Å². The number of ether oxygens (including phenoxy) is 1. The number of nitrogens with one attached hydrogen (secondary N) is 2. The Hall–Kier alpha value is -3.54. The van der Waals surface area contributed by atoms with Crippen molar-refractivity contribution in [3.05, 3.63) is 77.7 Å². The van der Waals surface area contributed by atoms with E-state index >= 15 is 0 Å². The van der Waals surface area contributed by atoms with Gasteiger partial charge in [-0.25, -0.2) is 0 Å². The number of benzene rings is 2. The zero-order valence-corrected chi connectivity index (χ0v) is 14.5. The highest BCUT2D eigenvalue weighted by Gasteiger charge is 2.13. The Morgan fingerprint density at radius 2 is 1.74 bits per heavy atom. The van der Waals surface area contributed by atoms with Gasteiger partial charge in [0.15, 0.2) is 5.76 Å². The zero-order valence-electron chi connectivity index (χ0n) is 14.5. The molecule has 4 rings (SSSR count). The predicted octanol–water partition coefficient (Wildman–Crippen LogP) is 3.65. The molecule has 0 radical (unpaired) electrons. The maximum Gasteiger partial charge on any atom is 0.291 e. The van der Waals surface area contributed by atoms with E-state index in [1.165, 1.54) is 6.26 Å². The van der Waals surface area contributed by atoms with Crippen LogP contribution in [0.15, 0.2) is 65.3 Å². The van der Waals surface area contributed by atoms with Crippen molar-refractivity contribution in [1.82, 2.24) is 0 Å². The number of rotatable bonds is 5. The first-order valence-electron chi connectivity index (χ1n) is 8.67. The molecule has 0 bridgehead atoms. The normalized spacial score (nSPS) is 12.1. The first-order valence-corrected chi connectivity index (χ1v) is 8.67. The molecule has 0 saturated heterocycles. The minimum atomic E-state index is -0.322. The Labute approximate surface area is 156 Å². The van der Waals surface area contributed by atoms with Gasteiger partial charge in [-0.3, -0.25) is 9.59 Å². The van der Waals surface area contributed by atoms with Crippen LogP contribution in [0, 0.1) is 0 Å². The van der Waals surface area contributed by atoms with Gasteiger partial charge in [0.2, 0.25) is 5.91 Å². The average Bonchev–Trinajstić information content (AvgIpc) is 3.34. The van der Waals surface area contributed by atoms with Crippen molar-refractivity contribution in [2.24, 2.45) is 0 Å². The van der Waals surface area contributed by atoms with Crippen molar-refractivity contribution >= 4 is 23.2 Å². The molecule has 136 valence electrons. The van der Waals surface area contributed by atoms with Gasteiger partial charge in [0, 0.05) is 17.8 Å². The van der Waals surface area contributed by atoms with Crippen LogP contribution in [0.5, 0.6) is 5.75 Å². The van der Waals surface area contributed by atoms with Crippen LogP contribution in [0.4, 0.5) is 11.4 Å². The second kappa shape index (κ2) is 7.37. The monoisotopic (exact) mass is 362 g/mol. The van der Waals surface area contributed by atoms with Gasteiger partial charge < -0.3 is 19.8 Å². The Morgan fingerprint density at radius 3 is 2.48 bits per heavy atom. The summed E-state index contributed by atoms with van der Waals surface area (Å²) in [6.07, 6.45) is 2.63. The molecule has 0 unspecified atom stereocenters. The molecule has 0 fully saturated rings. The number of furan rings is 1. The van der Waals surface area contributed by atoms with E-state index in [4.69, 9.17) is 9.15 Å². The molecule has 1 aliphatic heterocycles. The standard InChI is InChI=1S/C21H18N2O4/c24-20(13-14-3-8-18-15(12-14)9-11-27-18)22-16-4-6-17(7-5-16)23-21(25)19-2-1-10-26-19/h1-8,10,12H,9,11,13H2,(H,22,24)(H,23,25). The van der Waals surface area contributed by atoms with E-state index in [2.05, 4.69) is 10.6 Å². The second-order valence-corrected chi connectivity index (χ2v) is 6.27. The molecule has 2 heterocycles. The van der Waals surface area contributed by atoms with E-state index in [0.29, 0.717) is 24.4 Å². The number of carbonyl (C=O) groups is 2. The topological polar surface area (TPSA) is 80.6 Å². The van der Waals surface area contributed by atoms with Gasteiger partial charge in [-0.2, -0.15) is 0 Å². The first kappa shape index (κ1) is 16.9. The third-order valence-electron chi connectivity index (χ3n) is 4.29. The SMILES string of the molecule is O=C(Cc1ccc2c(c1)CCO2)Nc1ccc(NC(=O)c2ccco2)cc1. The van der Waals surface area contributed by atoms with Gasteiger partial charge in [0.25, 0.3) is 5.91 Å². The number of amides is 2. The van der Waals surface area contributed by atoms with Crippen molar-refractivity contribution in [3.8, 4) is 5.75 Å². The van der Waals surface area contributed by atoms with Crippen molar-refractivity contribution in [2.75, 3.05) is 17.2 Å². The summed E-state index contributed by atoms with van der Waals surface area (Å²) in [5.41, 5.74) is 3.39. The summed E-state index contributed by atoms with van der Waals surface area (Å²) in [5, 5.41) is 5.60. The molecule has 6 nitrogen and oxygen atoms in total. The minimum absolute atomic E-state index is 0.0961. The van der Waals surface area contributed by atoms with E-state index < -0.39 is 0 Å². The third kappa shape index (κ3) is 4.00. The number of anilines is 2. The van der Waals surface area contributed by atoms with Crippen LogP contribution in [0.1, 0.15) is 21.7 Å². The lowest BCUT2D eigenvalue weighted by atomic mass is 10.1. The number of hydrogen-bond donors (Lipinski definition) is 2. The maximum absolute atomic E-state index is 12.3. The van der Waals surface area contributed by atoms with Gasteiger partial charge >= 0.3 is 0 Å². The van der Waals surface area contributed by atoms with Crippen molar-refractivity contribution in [2.45, 2.75) is 12.8 Å². The molecule has 1 aromatic heterocycles. The molecule has 0 spiro atoms. The fraction of sp³-hybridized carbons (Fsp3) is 0.143. The van der Waals surface area contributed by atoms with Crippen LogP contribution in [-0.4, -0.2) is 18.4 Å². The Balaban J connectivity index is 1.34. The number of fused-ring (bicyclic) bond motifs is 1. The summed E-state index contributed by atoms with van der Waals surface area (Å²) in [7, 11) is 0. The summed E-state index contributed by atoms with van der Waals surface area (Å²) in [6.45, 7) is 0.702. The molecule has 6 heteroatoms. The first-order chi connectivity index (χ1) is 13.2. The molecule has 0 aliphatic carbocycles. The van der Waals surface area contributed by atoms with E-state index in [1.807, 2.05) is 18.2 Å². The van der Waals surface area contributed by atoms with Crippen molar-refractivity contribution in [1.29, 1.82) is 0 Å². The largest absolute Gasteiger partial charge is 0.493 e. The summed E-state index contributed by atoms with van der Waals surface area (Å²) in [4.78, 5) is 24.2. The lowest BCUT2D eigenvalue weighted by Gasteiger charge is -2.08. The second-order valence-electron chi connectivity index (χ2n) is 6.27. The number of hydrogen-bond acceptors (Lipinski definition) is 4. The quantitative estimate of drug-likeness (QED) is 0.726. The van der Waals surface area contributed by atoms with E-state index in [-0.39, 0.29) is 17.6 Å². The van der Waals surface area contributed by atoms with E-state index in [0.717, 1.165) is 23.3 Å². The molecule has 0 atom stereocenters. The third-order valence-corrected chi connectivity index (χ3v) is 4.29. The van der Waals surface area contributed by atoms with Crippen molar-refractivity contribution < 1.29 is 18.7 Å². The van der Waals surface area contributed by atoms with Crippen LogP contribution >= 0.6 is 0 Å². The molecule has 2 N–H and O–H groups in total. The van der Waals surface area contributed by atoms with Crippen LogP contribution in [0.25, 0.3) is 0 Å². The van der Waals surface area contributed by atoms with Crippen LogP contribution in [-0.2, 0) is 17.6 Å². The molecule has 3 aromatic rings. The molecule has 27 heavy (non-hydrogen) atoms. The molecule has 0 saturated carbocycles. The molecular weight excluding hydrogens is 344 g/mol. The summed E-state index contributed by atoms with van der Waals surface area (Å²) in [5.74, 6) is 0.733. The summed E-state index contributed by atoms with van der Waals surface area (Å²) >= 11 is 0. The van der Waals surface area contributed by atoms with Crippen LogP contribution < -0.4 is 15.4 Å². The number of carbonyl (C=O) groups excluding carboxylic acids is 2. The maximum atomic E-state index is 12.3. The summed E-state index contributed by atoms with van der Waals surface area (Å²) in [6, 6.07) is 16.0. The predicted molar refractivity (Wildman–Crippen MR) is 101 cm³/mol. The van der Waals surface area contributed by atoms with Gasteiger partial charge in [0.1, 0.15) is 5.75 Å².